The number of carboxylic acids is 1. The number of anilines is 1. The van der Waals surface area contributed by atoms with Crippen molar-refractivity contribution in [3.63, 3.8) is 0 Å². The first-order valence-electron chi connectivity index (χ1n) is 10.5. The smallest absolute Gasteiger partial charge is 0.307 e. The number of pyridine rings is 1. The number of aromatic nitrogens is 1. The van der Waals surface area contributed by atoms with Gasteiger partial charge in [-0.3, -0.25) is 9.59 Å². The van der Waals surface area contributed by atoms with Crippen molar-refractivity contribution in [2.24, 2.45) is 17.8 Å². The van der Waals surface area contributed by atoms with Gasteiger partial charge >= 0.3 is 5.97 Å². The Labute approximate surface area is 170 Å². The number of hydrogen-bond donors (Lipinski definition) is 2. The molecule has 2 heterocycles. The molecule has 1 amide bonds. The summed E-state index contributed by atoms with van der Waals surface area (Å²) in [5, 5.41) is 13.2. The normalized spacial score (nSPS) is 26.8. The van der Waals surface area contributed by atoms with Gasteiger partial charge in [0.2, 0.25) is 0 Å². The molecule has 1 aliphatic heterocycles. The predicted octanol–water partition coefficient (Wildman–Crippen LogP) is 3.41. The van der Waals surface area contributed by atoms with Crippen LogP contribution < -0.4 is 10.2 Å². The summed E-state index contributed by atoms with van der Waals surface area (Å²) < 4.78 is 0. The molecular weight excluding hydrogens is 374 g/mol. The Morgan fingerprint density at radius 3 is 2.57 bits per heavy atom. The Bertz CT molecular complexity index is 738. The minimum absolute atomic E-state index is 0.0141. The van der Waals surface area contributed by atoms with Gasteiger partial charge in [-0.25, -0.2) is 4.98 Å². The van der Waals surface area contributed by atoms with Gasteiger partial charge in [-0.2, -0.15) is 0 Å². The Morgan fingerprint density at radius 1 is 1.21 bits per heavy atom. The lowest BCUT2D eigenvalue weighted by molar-refractivity contribution is -0.139. The number of thioether (sulfide) groups is 1. The number of amides is 1. The van der Waals surface area contributed by atoms with Crippen molar-refractivity contribution in [3.05, 3.63) is 17.7 Å². The van der Waals surface area contributed by atoms with Gasteiger partial charge in [-0.05, 0) is 49.0 Å². The number of piperidine rings is 1. The van der Waals surface area contributed by atoms with E-state index < -0.39 is 5.97 Å². The lowest BCUT2D eigenvalue weighted by atomic mass is 9.95. The fourth-order valence-electron chi connectivity index (χ4n) is 4.68. The molecule has 0 bridgehead atoms. The van der Waals surface area contributed by atoms with Gasteiger partial charge in [-0.15, -0.1) is 11.8 Å². The second kappa shape index (κ2) is 8.31. The van der Waals surface area contributed by atoms with Crippen molar-refractivity contribution in [2.45, 2.75) is 56.5 Å². The van der Waals surface area contributed by atoms with E-state index >= 15 is 0 Å². The van der Waals surface area contributed by atoms with E-state index in [-0.39, 0.29) is 29.7 Å². The Balaban J connectivity index is 1.46. The van der Waals surface area contributed by atoms with E-state index in [9.17, 15) is 14.7 Å². The Kier molecular flexibility index (Phi) is 5.80. The van der Waals surface area contributed by atoms with E-state index in [0.717, 1.165) is 48.9 Å². The first kappa shape index (κ1) is 19.6. The highest BCUT2D eigenvalue weighted by molar-refractivity contribution is 7.99. The molecule has 28 heavy (non-hydrogen) atoms. The van der Waals surface area contributed by atoms with Crippen molar-refractivity contribution in [2.75, 3.05) is 23.7 Å². The number of carboxylic acid groups (broad SMARTS) is 1. The number of hydrogen-bond acceptors (Lipinski definition) is 5. The molecule has 152 valence electrons. The van der Waals surface area contributed by atoms with Gasteiger partial charge < -0.3 is 15.3 Å². The number of nitrogens with one attached hydrogen (secondary N) is 1. The lowest BCUT2D eigenvalue weighted by Gasteiger charge is -2.24. The Morgan fingerprint density at radius 2 is 1.93 bits per heavy atom. The van der Waals surface area contributed by atoms with E-state index in [4.69, 9.17) is 4.98 Å². The molecule has 1 saturated heterocycles. The maximum absolute atomic E-state index is 12.9. The van der Waals surface area contributed by atoms with Gasteiger partial charge in [0, 0.05) is 19.1 Å². The highest BCUT2D eigenvalue weighted by Gasteiger charge is 2.60. The maximum atomic E-state index is 12.9. The molecule has 2 N–H and O–H groups in total. The molecule has 2 aliphatic carbocycles. The van der Waals surface area contributed by atoms with Crippen molar-refractivity contribution in [3.8, 4) is 0 Å². The van der Waals surface area contributed by atoms with Crippen LogP contribution in [0.2, 0.25) is 0 Å². The van der Waals surface area contributed by atoms with E-state index in [0.29, 0.717) is 5.56 Å². The van der Waals surface area contributed by atoms with Crippen LogP contribution in [0.1, 0.15) is 55.8 Å². The predicted molar refractivity (Wildman–Crippen MR) is 110 cm³/mol. The lowest BCUT2D eigenvalue weighted by Crippen LogP contribution is -2.36. The molecule has 0 unspecified atom stereocenters. The van der Waals surface area contributed by atoms with Crippen LogP contribution in [0.5, 0.6) is 0 Å². The SMILES string of the molecule is CCCSc1nc(N2C[C@@H]3[C@H](C2)[C@H]3C(=O)O)ccc1C(=O)NC1CCCCC1. The van der Waals surface area contributed by atoms with Crippen LogP contribution in [-0.4, -0.2) is 46.9 Å². The average molecular weight is 404 g/mol. The van der Waals surface area contributed by atoms with Crippen LogP contribution in [0.4, 0.5) is 5.82 Å². The first-order valence-corrected chi connectivity index (χ1v) is 11.5. The summed E-state index contributed by atoms with van der Waals surface area (Å²) in [4.78, 5) is 31.0. The summed E-state index contributed by atoms with van der Waals surface area (Å²) in [7, 11) is 0. The van der Waals surface area contributed by atoms with Crippen LogP contribution in [0, 0.1) is 17.8 Å². The third kappa shape index (κ3) is 4.00. The molecule has 1 aromatic rings. The second-order valence-corrected chi connectivity index (χ2v) is 9.36. The van der Waals surface area contributed by atoms with Crippen molar-refractivity contribution in [1.29, 1.82) is 0 Å². The summed E-state index contributed by atoms with van der Waals surface area (Å²) in [5.41, 5.74) is 0.667. The van der Waals surface area contributed by atoms with Crippen molar-refractivity contribution >= 4 is 29.5 Å². The number of rotatable bonds is 7. The number of aliphatic carboxylic acids is 1. The molecule has 2 saturated carbocycles. The summed E-state index contributed by atoms with van der Waals surface area (Å²) in [6.07, 6.45) is 6.80. The molecular formula is C21H29N3O3S. The highest BCUT2D eigenvalue weighted by Crippen LogP contribution is 2.52. The molecule has 6 nitrogen and oxygen atoms in total. The largest absolute Gasteiger partial charge is 0.481 e. The molecule has 0 radical (unpaired) electrons. The minimum atomic E-state index is -0.670. The quantitative estimate of drug-likeness (QED) is 0.679. The summed E-state index contributed by atoms with van der Waals surface area (Å²) >= 11 is 1.64. The minimum Gasteiger partial charge on any atom is -0.481 e. The fraction of sp³-hybridized carbons (Fsp3) is 0.667. The van der Waals surface area contributed by atoms with Gasteiger partial charge in [-0.1, -0.05) is 26.2 Å². The molecule has 7 heteroatoms. The third-order valence-electron chi connectivity index (χ3n) is 6.28. The van der Waals surface area contributed by atoms with Gasteiger partial charge in [0.25, 0.3) is 5.91 Å². The third-order valence-corrected chi connectivity index (χ3v) is 7.47. The summed E-state index contributed by atoms with van der Waals surface area (Å²) in [5.74, 6) is 1.43. The van der Waals surface area contributed by atoms with Crippen molar-refractivity contribution < 1.29 is 14.7 Å². The fourth-order valence-corrected chi connectivity index (χ4v) is 5.55. The monoisotopic (exact) mass is 403 g/mol. The molecule has 0 aromatic carbocycles. The number of fused-ring (bicyclic) bond motifs is 1. The first-order chi connectivity index (χ1) is 13.6. The standard InChI is InChI=1S/C21H29N3O3S/c1-2-10-28-20-14(19(25)22-13-6-4-3-5-7-13)8-9-17(23-20)24-11-15-16(12-24)18(15)21(26)27/h8-9,13,15-16,18H,2-7,10-12H2,1H3,(H,22,25)(H,26,27)/t15-,16+,18+. The van der Waals surface area contributed by atoms with E-state index in [1.54, 1.807) is 11.8 Å². The zero-order chi connectivity index (χ0) is 19.7. The van der Waals surface area contributed by atoms with Crippen molar-refractivity contribution in [1.82, 2.24) is 10.3 Å². The van der Waals surface area contributed by atoms with Crippen LogP contribution in [-0.2, 0) is 4.79 Å². The van der Waals surface area contributed by atoms with Crippen LogP contribution >= 0.6 is 11.8 Å². The number of carbonyl (C=O) groups excluding carboxylic acids is 1. The second-order valence-electron chi connectivity index (χ2n) is 8.28. The van der Waals surface area contributed by atoms with Crippen LogP contribution in [0.3, 0.4) is 0 Å². The molecule has 3 atom stereocenters. The molecule has 3 aliphatic rings. The highest BCUT2D eigenvalue weighted by atomic mass is 32.2. The summed E-state index contributed by atoms with van der Waals surface area (Å²) in [6.45, 7) is 3.62. The summed E-state index contributed by atoms with van der Waals surface area (Å²) in [6, 6.07) is 4.10. The zero-order valence-electron chi connectivity index (χ0n) is 16.4. The topological polar surface area (TPSA) is 82.5 Å². The van der Waals surface area contributed by atoms with E-state index in [1.807, 2.05) is 12.1 Å². The van der Waals surface area contributed by atoms with Gasteiger partial charge in [0.1, 0.15) is 10.8 Å². The van der Waals surface area contributed by atoms with E-state index in [1.165, 1.54) is 19.3 Å². The number of carbonyl (C=O) groups is 2. The van der Waals surface area contributed by atoms with Gasteiger partial charge in [0.05, 0.1) is 11.5 Å². The molecule has 1 aromatic heterocycles. The van der Waals surface area contributed by atoms with Crippen LogP contribution in [0.25, 0.3) is 0 Å². The van der Waals surface area contributed by atoms with Crippen LogP contribution in [0.15, 0.2) is 17.2 Å². The molecule has 3 fully saturated rings. The maximum Gasteiger partial charge on any atom is 0.307 e. The zero-order valence-corrected chi connectivity index (χ0v) is 17.2. The number of nitrogens with zero attached hydrogens (tertiary/aromatic N) is 2. The molecule has 4 rings (SSSR count). The van der Waals surface area contributed by atoms with Gasteiger partial charge in [0.15, 0.2) is 0 Å². The molecule has 0 spiro atoms. The average Bonchev–Trinajstić information content (AvgIpc) is 3.22. The Hall–Kier alpha value is -1.76. The van der Waals surface area contributed by atoms with E-state index in [2.05, 4.69) is 17.1 Å².